The van der Waals surface area contributed by atoms with E-state index in [1.165, 1.54) is 0 Å². The van der Waals surface area contributed by atoms with Crippen LogP contribution >= 0.6 is 0 Å². The van der Waals surface area contributed by atoms with Crippen molar-refractivity contribution in [3.63, 3.8) is 0 Å². The van der Waals surface area contributed by atoms with Gasteiger partial charge in [0.1, 0.15) is 0 Å². The Morgan fingerprint density at radius 3 is 2.72 bits per heavy atom. The summed E-state index contributed by atoms with van der Waals surface area (Å²) >= 11 is 0. The lowest BCUT2D eigenvalue weighted by molar-refractivity contribution is -0.157. The van der Waals surface area contributed by atoms with E-state index in [9.17, 15) is 19.5 Å². The molecule has 0 bridgehead atoms. The maximum absolute atomic E-state index is 13.0. The number of rotatable bonds is 4. The molecule has 0 aromatic heterocycles. The number of amides is 2. The van der Waals surface area contributed by atoms with E-state index in [4.69, 9.17) is 4.74 Å². The van der Waals surface area contributed by atoms with Crippen LogP contribution in [0.5, 0.6) is 0 Å². The molecule has 3 saturated heterocycles. The molecule has 2 amide bonds. The molecule has 7 nitrogen and oxygen atoms in total. The van der Waals surface area contributed by atoms with Gasteiger partial charge >= 0.3 is 5.97 Å². The van der Waals surface area contributed by atoms with Gasteiger partial charge in [-0.2, -0.15) is 0 Å². The summed E-state index contributed by atoms with van der Waals surface area (Å²) in [6.45, 7) is 4.73. The second kappa shape index (κ2) is 7.32. The number of hydrogen-bond donors (Lipinski definition) is 1. The topological polar surface area (TPSA) is 87.2 Å². The number of likely N-dealkylation sites (tertiary alicyclic amines) is 2. The zero-order valence-corrected chi connectivity index (χ0v) is 14.9. The molecule has 3 heterocycles. The number of fused-ring (bicyclic) bond motifs is 1. The average Bonchev–Trinajstić information content (AvgIpc) is 3.02. The molecule has 3 fully saturated rings. The van der Waals surface area contributed by atoms with E-state index in [1.807, 2.05) is 6.92 Å². The minimum Gasteiger partial charge on any atom is -0.481 e. The number of carbonyl (C=O) groups excluding carboxylic acids is 2. The molecule has 1 N–H and O–H groups in total. The van der Waals surface area contributed by atoms with Crippen molar-refractivity contribution in [2.45, 2.75) is 39.0 Å². The lowest BCUT2D eigenvalue weighted by atomic mass is 9.74. The van der Waals surface area contributed by atoms with E-state index in [0.717, 1.165) is 25.8 Å². The summed E-state index contributed by atoms with van der Waals surface area (Å²) < 4.78 is 5.45. The SMILES string of the molecule is CCCC(=O)N1CCCC(C(=O)N2C[C@H]3COCC[C@@]3(C(=O)O)C2)C1. The Hall–Kier alpha value is -1.63. The van der Waals surface area contributed by atoms with Crippen molar-refractivity contribution in [1.29, 1.82) is 0 Å². The van der Waals surface area contributed by atoms with Crippen LogP contribution in [-0.4, -0.2) is 72.1 Å². The Kier molecular flexibility index (Phi) is 5.32. The van der Waals surface area contributed by atoms with Gasteiger partial charge in [-0.25, -0.2) is 0 Å². The number of aliphatic carboxylic acids is 1. The highest BCUT2D eigenvalue weighted by atomic mass is 16.5. The van der Waals surface area contributed by atoms with Crippen LogP contribution in [-0.2, 0) is 19.1 Å². The molecule has 3 aliphatic heterocycles. The largest absolute Gasteiger partial charge is 0.481 e. The van der Waals surface area contributed by atoms with Gasteiger partial charge in [0.25, 0.3) is 0 Å². The molecule has 3 rings (SSSR count). The second-order valence-corrected chi connectivity index (χ2v) is 7.63. The third-order valence-corrected chi connectivity index (χ3v) is 6.03. The van der Waals surface area contributed by atoms with E-state index in [1.54, 1.807) is 9.80 Å². The monoisotopic (exact) mass is 352 g/mol. The molecule has 1 unspecified atom stereocenters. The van der Waals surface area contributed by atoms with Crippen molar-refractivity contribution in [3.8, 4) is 0 Å². The number of ether oxygens (including phenoxy) is 1. The van der Waals surface area contributed by atoms with Crippen LogP contribution in [0.25, 0.3) is 0 Å². The number of nitrogens with zero attached hydrogens (tertiary/aromatic N) is 2. The minimum absolute atomic E-state index is 0.00373. The molecule has 0 saturated carbocycles. The second-order valence-electron chi connectivity index (χ2n) is 7.63. The molecule has 0 aliphatic carbocycles. The van der Waals surface area contributed by atoms with Crippen molar-refractivity contribution in [3.05, 3.63) is 0 Å². The molecule has 0 spiro atoms. The molecular weight excluding hydrogens is 324 g/mol. The molecule has 3 atom stereocenters. The van der Waals surface area contributed by atoms with Crippen LogP contribution in [0.3, 0.4) is 0 Å². The lowest BCUT2D eigenvalue weighted by Gasteiger charge is -2.35. The third kappa shape index (κ3) is 3.38. The van der Waals surface area contributed by atoms with Gasteiger partial charge in [-0.05, 0) is 25.7 Å². The fourth-order valence-electron chi connectivity index (χ4n) is 4.50. The summed E-state index contributed by atoms with van der Waals surface area (Å²) in [5.41, 5.74) is -0.861. The van der Waals surface area contributed by atoms with Crippen LogP contribution in [0.1, 0.15) is 39.0 Å². The fraction of sp³-hybridized carbons (Fsp3) is 0.833. The number of carboxylic acids is 1. The van der Waals surface area contributed by atoms with Gasteiger partial charge in [-0.3, -0.25) is 14.4 Å². The molecular formula is C18H28N2O5. The smallest absolute Gasteiger partial charge is 0.311 e. The standard InChI is InChI=1S/C18H28N2O5/c1-2-4-15(21)19-7-3-5-13(9-19)16(22)20-10-14-11-25-8-6-18(14,12-20)17(23)24/h13-14H,2-12H2,1H3,(H,23,24)/t13?,14-,18+/m0/s1. The molecule has 3 aliphatic rings. The first-order valence-electron chi connectivity index (χ1n) is 9.35. The van der Waals surface area contributed by atoms with Crippen LogP contribution in [0.4, 0.5) is 0 Å². The summed E-state index contributed by atoms with van der Waals surface area (Å²) in [7, 11) is 0. The van der Waals surface area contributed by atoms with Crippen LogP contribution in [0.2, 0.25) is 0 Å². The summed E-state index contributed by atoms with van der Waals surface area (Å²) in [6, 6.07) is 0. The maximum atomic E-state index is 13.0. The third-order valence-electron chi connectivity index (χ3n) is 6.03. The van der Waals surface area contributed by atoms with Crippen LogP contribution < -0.4 is 0 Å². The minimum atomic E-state index is -0.861. The highest BCUT2D eigenvalue weighted by Crippen LogP contribution is 2.43. The van der Waals surface area contributed by atoms with E-state index >= 15 is 0 Å². The Morgan fingerprint density at radius 2 is 2.04 bits per heavy atom. The Morgan fingerprint density at radius 1 is 1.24 bits per heavy atom. The van der Waals surface area contributed by atoms with Crippen molar-refractivity contribution in [2.75, 3.05) is 39.4 Å². The summed E-state index contributed by atoms with van der Waals surface area (Å²) in [5.74, 6) is -1.04. The normalized spacial score (nSPS) is 32.4. The van der Waals surface area contributed by atoms with Crippen molar-refractivity contribution in [2.24, 2.45) is 17.3 Å². The average molecular weight is 352 g/mol. The first-order chi connectivity index (χ1) is 12.0. The van der Waals surface area contributed by atoms with Crippen molar-refractivity contribution >= 4 is 17.8 Å². The quantitative estimate of drug-likeness (QED) is 0.815. The first-order valence-corrected chi connectivity index (χ1v) is 9.35. The highest BCUT2D eigenvalue weighted by molar-refractivity contribution is 5.84. The van der Waals surface area contributed by atoms with Gasteiger partial charge < -0.3 is 19.6 Å². The molecule has 0 aromatic carbocycles. The predicted octanol–water partition coefficient (Wildman–Crippen LogP) is 0.975. The fourth-order valence-corrected chi connectivity index (χ4v) is 4.50. The van der Waals surface area contributed by atoms with E-state index in [0.29, 0.717) is 39.1 Å². The predicted molar refractivity (Wildman–Crippen MR) is 89.8 cm³/mol. The Balaban J connectivity index is 1.67. The lowest BCUT2D eigenvalue weighted by Crippen LogP contribution is -2.47. The Labute approximate surface area is 148 Å². The van der Waals surface area contributed by atoms with Gasteiger partial charge in [0.15, 0.2) is 0 Å². The van der Waals surface area contributed by atoms with Crippen LogP contribution in [0.15, 0.2) is 0 Å². The highest BCUT2D eigenvalue weighted by Gasteiger charge is 2.55. The Bertz CT molecular complexity index is 552. The van der Waals surface area contributed by atoms with E-state index in [2.05, 4.69) is 0 Å². The van der Waals surface area contributed by atoms with E-state index in [-0.39, 0.29) is 30.2 Å². The first kappa shape index (κ1) is 18.2. The van der Waals surface area contributed by atoms with Crippen molar-refractivity contribution < 1.29 is 24.2 Å². The number of piperidine rings is 1. The van der Waals surface area contributed by atoms with Crippen LogP contribution in [0, 0.1) is 17.3 Å². The summed E-state index contributed by atoms with van der Waals surface area (Å²) in [4.78, 5) is 40.5. The number of carboxylic acid groups (broad SMARTS) is 1. The molecule has 140 valence electrons. The van der Waals surface area contributed by atoms with E-state index < -0.39 is 11.4 Å². The number of hydrogen-bond acceptors (Lipinski definition) is 4. The zero-order chi connectivity index (χ0) is 18.0. The van der Waals surface area contributed by atoms with Gasteiger partial charge in [0.05, 0.1) is 17.9 Å². The molecule has 0 radical (unpaired) electrons. The van der Waals surface area contributed by atoms with Gasteiger partial charge in [0.2, 0.25) is 11.8 Å². The van der Waals surface area contributed by atoms with Gasteiger partial charge in [-0.1, -0.05) is 6.92 Å². The molecule has 0 aromatic rings. The summed E-state index contributed by atoms with van der Waals surface area (Å²) in [6.07, 6.45) is 3.39. The molecule has 25 heavy (non-hydrogen) atoms. The molecule has 7 heteroatoms. The maximum Gasteiger partial charge on any atom is 0.311 e. The van der Waals surface area contributed by atoms with Gasteiger partial charge in [0, 0.05) is 45.1 Å². The van der Waals surface area contributed by atoms with Gasteiger partial charge in [-0.15, -0.1) is 0 Å². The number of carbonyl (C=O) groups is 3. The summed E-state index contributed by atoms with van der Waals surface area (Å²) in [5, 5.41) is 9.74. The zero-order valence-electron chi connectivity index (χ0n) is 14.9. The van der Waals surface area contributed by atoms with Crippen molar-refractivity contribution in [1.82, 2.24) is 9.80 Å².